The van der Waals surface area contributed by atoms with Gasteiger partial charge in [0.2, 0.25) is 5.91 Å². The van der Waals surface area contributed by atoms with E-state index in [1.807, 2.05) is 12.1 Å². The van der Waals surface area contributed by atoms with Gasteiger partial charge in [-0.15, -0.1) is 0 Å². The molecule has 6 heteroatoms. The van der Waals surface area contributed by atoms with E-state index in [1.54, 1.807) is 29.2 Å². The molecule has 1 aliphatic heterocycles. The quantitative estimate of drug-likeness (QED) is 0.774. The zero-order chi connectivity index (χ0) is 15.9. The number of carbonyl (C=O) groups excluding carboxylic acids is 2. The molecule has 1 aromatic rings. The summed E-state index contributed by atoms with van der Waals surface area (Å²) in [4.78, 5) is 24.5. The number of likely N-dealkylation sites (tertiary alicyclic amines) is 1. The molecule has 0 radical (unpaired) electrons. The highest BCUT2D eigenvalue weighted by Gasteiger charge is 2.19. The van der Waals surface area contributed by atoms with Crippen LogP contribution in [0.4, 0.5) is 0 Å². The third-order valence-electron chi connectivity index (χ3n) is 3.45. The Morgan fingerprint density at radius 1 is 1.32 bits per heavy atom. The minimum Gasteiger partial charge on any atom is -0.484 e. The lowest BCUT2D eigenvalue weighted by atomic mass is 10.1. The molecule has 1 fully saturated rings. The maximum Gasteiger partial charge on any atom is 0.255 e. The third-order valence-corrected chi connectivity index (χ3v) is 3.45. The average molecular weight is 303 g/mol. The monoisotopic (exact) mass is 303 g/mol. The van der Waals surface area contributed by atoms with Crippen molar-refractivity contribution in [2.75, 3.05) is 19.7 Å². The van der Waals surface area contributed by atoms with Crippen molar-refractivity contribution in [2.24, 2.45) is 11.5 Å². The second-order valence-electron chi connectivity index (χ2n) is 5.34. The number of primary amides is 1. The number of nitrogens with zero attached hydrogens (tertiary/aromatic N) is 1. The number of ether oxygens (including phenoxy) is 1. The molecule has 4 N–H and O–H groups in total. The first kappa shape index (κ1) is 16.0. The first-order valence-electron chi connectivity index (χ1n) is 7.28. The largest absolute Gasteiger partial charge is 0.484 e. The average Bonchev–Trinajstić information content (AvgIpc) is 2.51. The summed E-state index contributed by atoms with van der Waals surface area (Å²) >= 11 is 0. The summed E-state index contributed by atoms with van der Waals surface area (Å²) in [5, 5.41) is 0. The smallest absolute Gasteiger partial charge is 0.255 e. The van der Waals surface area contributed by atoms with Crippen LogP contribution in [0.3, 0.4) is 0 Å². The molecule has 1 aliphatic rings. The predicted octanol–water partition coefficient (Wildman–Crippen LogP) is 0.514. The van der Waals surface area contributed by atoms with Crippen molar-refractivity contribution in [3.05, 3.63) is 35.9 Å². The van der Waals surface area contributed by atoms with Gasteiger partial charge in [-0.25, -0.2) is 0 Å². The fourth-order valence-electron chi connectivity index (χ4n) is 2.31. The van der Waals surface area contributed by atoms with Gasteiger partial charge in [-0.2, -0.15) is 0 Å². The first-order valence-corrected chi connectivity index (χ1v) is 7.28. The molecule has 1 heterocycles. The Kier molecular flexibility index (Phi) is 5.55. The Bertz CT molecular complexity index is 554. The van der Waals surface area contributed by atoms with Gasteiger partial charge in [-0.1, -0.05) is 12.1 Å². The topological polar surface area (TPSA) is 98.7 Å². The van der Waals surface area contributed by atoms with Crippen molar-refractivity contribution >= 4 is 17.9 Å². The number of amides is 2. The number of carbonyl (C=O) groups is 2. The highest BCUT2D eigenvalue weighted by Crippen LogP contribution is 2.14. The molecule has 1 saturated heterocycles. The molecule has 0 saturated carbocycles. The maximum atomic E-state index is 12.1. The van der Waals surface area contributed by atoms with Crippen molar-refractivity contribution in [3.8, 4) is 5.75 Å². The van der Waals surface area contributed by atoms with Crippen molar-refractivity contribution in [1.82, 2.24) is 4.90 Å². The van der Waals surface area contributed by atoms with Crippen LogP contribution in [-0.4, -0.2) is 42.5 Å². The molecule has 1 unspecified atom stereocenters. The summed E-state index contributed by atoms with van der Waals surface area (Å²) in [6.07, 6.45) is 5.23. The molecule has 0 aromatic heterocycles. The predicted molar refractivity (Wildman–Crippen MR) is 84.0 cm³/mol. The van der Waals surface area contributed by atoms with E-state index in [1.165, 1.54) is 0 Å². The van der Waals surface area contributed by atoms with Crippen LogP contribution < -0.4 is 16.2 Å². The zero-order valence-electron chi connectivity index (χ0n) is 12.4. The highest BCUT2D eigenvalue weighted by atomic mass is 16.5. The minimum absolute atomic E-state index is 0.0239. The van der Waals surface area contributed by atoms with Crippen LogP contribution in [0.15, 0.2) is 30.3 Å². The standard InChI is InChI=1S/C16H21N3O3/c17-13-2-1-9-19(10-13)16(21)8-5-12-3-6-14(7-4-12)22-11-15(18)20/h3-8,13H,1-2,9-11,17H2,(H2,18,20)/b8-5+. The molecule has 22 heavy (non-hydrogen) atoms. The molecule has 0 spiro atoms. The third kappa shape index (κ3) is 4.89. The van der Waals surface area contributed by atoms with Crippen LogP contribution in [0.5, 0.6) is 5.75 Å². The molecule has 118 valence electrons. The van der Waals surface area contributed by atoms with Gasteiger partial charge in [0.1, 0.15) is 5.75 Å². The Morgan fingerprint density at radius 3 is 2.68 bits per heavy atom. The summed E-state index contributed by atoms with van der Waals surface area (Å²) in [5.41, 5.74) is 11.8. The van der Waals surface area contributed by atoms with E-state index in [0.717, 1.165) is 24.9 Å². The number of rotatable bonds is 5. The number of benzene rings is 1. The Morgan fingerprint density at radius 2 is 2.05 bits per heavy atom. The SMILES string of the molecule is NC(=O)COc1ccc(/C=C/C(=O)N2CCCC(N)C2)cc1. The fraction of sp³-hybridized carbons (Fsp3) is 0.375. The zero-order valence-corrected chi connectivity index (χ0v) is 12.4. The summed E-state index contributed by atoms with van der Waals surface area (Å²) < 4.78 is 5.17. The van der Waals surface area contributed by atoms with Crippen LogP contribution in [0.25, 0.3) is 6.08 Å². The summed E-state index contributed by atoms with van der Waals surface area (Å²) in [6, 6.07) is 7.14. The van der Waals surface area contributed by atoms with Crippen molar-refractivity contribution in [2.45, 2.75) is 18.9 Å². The molecule has 0 bridgehead atoms. The van der Waals surface area contributed by atoms with Crippen LogP contribution in [0.1, 0.15) is 18.4 Å². The van der Waals surface area contributed by atoms with Crippen molar-refractivity contribution < 1.29 is 14.3 Å². The molecule has 2 amide bonds. The van der Waals surface area contributed by atoms with Gasteiger partial charge in [0.25, 0.3) is 5.91 Å². The van der Waals surface area contributed by atoms with Gasteiger partial charge in [-0.05, 0) is 36.6 Å². The van der Waals surface area contributed by atoms with Gasteiger partial charge in [0.15, 0.2) is 6.61 Å². The number of nitrogens with two attached hydrogens (primary N) is 2. The van der Waals surface area contributed by atoms with E-state index in [9.17, 15) is 9.59 Å². The Hall–Kier alpha value is -2.34. The lowest BCUT2D eigenvalue weighted by molar-refractivity contribution is -0.127. The molecule has 1 aromatic carbocycles. The highest BCUT2D eigenvalue weighted by molar-refractivity contribution is 5.91. The summed E-state index contributed by atoms with van der Waals surface area (Å²) in [5.74, 6) is 0.0165. The van der Waals surface area contributed by atoms with E-state index < -0.39 is 5.91 Å². The maximum absolute atomic E-state index is 12.1. The summed E-state index contributed by atoms with van der Waals surface area (Å²) in [7, 11) is 0. The van der Waals surface area contributed by atoms with Crippen LogP contribution in [0, 0.1) is 0 Å². The molecule has 1 atom stereocenters. The second kappa shape index (κ2) is 7.61. The first-order chi connectivity index (χ1) is 10.5. The van der Waals surface area contributed by atoms with Crippen molar-refractivity contribution in [1.29, 1.82) is 0 Å². The van der Waals surface area contributed by atoms with Crippen LogP contribution >= 0.6 is 0 Å². The molecular formula is C16H21N3O3. The van der Waals surface area contributed by atoms with Gasteiger partial charge >= 0.3 is 0 Å². The number of hydrogen-bond acceptors (Lipinski definition) is 4. The molecular weight excluding hydrogens is 282 g/mol. The lowest BCUT2D eigenvalue weighted by Crippen LogP contribution is -2.45. The van der Waals surface area contributed by atoms with Crippen molar-refractivity contribution in [3.63, 3.8) is 0 Å². The molecule has 0 aliphatic carbocycles. The molecule has 2 rings (SSSR count). The number of hydrogen-bond donors (Lipinski definition) is 2. The van der Waals surface area contributed by atoms with Gasteiger partial charge in [-0.3, -0.25) is 9.59 Å². The Labute approximate surface area is 129 Å². The van der Waals surface area contributed by atoms with E-state index in [2.05, 4.69) is 0 Å². The van der Waals surface area contributed by atoms with E-state index in [-0.39, 0.29) is 18.6 Å². The normalized spacial score (nSPS) is 18.4. The van der Waals surface area contributed by atoms with Gasteiger partial charge in [0, 0.05) is 25.2 Å². The second-order valence-corrected chi connectivity index (χ2v) is 5.34. The van der Waals surface area contributed by atoms with Crippen LogP contribution in [-0.2, 0) is 9.59 Å². The molecule has 6 nitrogen and oxygen atoms in total. The minimum atomic E-state index is -0.519. The van der Waals surface area contributed by atoms with Gasteiger partial charge < -0.3 is 21.1 Å². The summed E-state index contributed by atoms with van der Waals surface area (Å²) in [6.45, 7) is 1.22. The van der Waals surface area contributed by atoms with E-state index >= 15 is 0 Å². The lowest BCUT2D eigenvalue weighted by Gasteiger charge is -2.29. The Balaban J connectivity index is 1.89. The van der Waals surface area contributed by atoms with E-state index in [0.29, 0.717) is 12.3 Å². The van der Waals surface area contributed by atoms with E-state index in [4.69, 9.17) is 16.2 Å². The van der Waals surface area contributed by atoms with Gasteiger partial charge in [0.05, 0.1) is 0 Å². The van der Waals surface area contributed by atoms with Crippen LogP contribution in [0.2, 0.25) is 0 Å². The fourth-order valence-corrected chi connectivity index (χ4v) is 2.31. The number of piperidine rings is 1.